The van der Waals surface area contributed by atoms with Crippen molar-refractivity contribution in [3.63, 3.8) is 0 Å². The van der Waals surface area contributed by atoms with Crippen LogP contribution in [0.5, 0.6) is 0 Å². The molecule has 1 atom stereocenters. The zero-order valence-electron chi connectivity index (χ0n) is 15.8. The molecule has 3 rings (SSSR count). The van der Waals surface area contributed by atoms with E-state index in [4.69, 9.17) is 5.73 Å². The first kappa shape index (κ1) is 18.9. The van der Waals surface area contributed by atoms with Crippen LogP contribution < -0.4 is 11.1 Å². The molecule has 0 radical (unpaired) electrons. The van der Waals surface area contributed by atoms with Crippen molar-refractivity contribution in [3.05, 3.63) is 89.5 Å². The predicted molar refractivity (Wildman–Crippen MR) is 108 cm³/mol. The average Bonchev–Trinajstić information content (AvgIpc) is 3.19. The Hall–Kier alpha value is -2.92. The molecule has 0 bridgehead atoms. The first-order chi connectivity index (χ1) is 13.0. The van der Waals surface area contributed by atoms with Gasteiger partial charge in [0.15, 0.2) is 0 Å². The predicted octanol–water partition coefficient (Wildman–Crippen LogP) is 3.48. The van der Waals surface area contributed by atoms with E-state index < -0.39 is 0 Å². The third-order valence-corrected chi connectivity index (χ3v) is 4.65. The summed E-state index contributed by atoms with van der Waals surface area (Å²) in [6.07, 6.45) is 5.44. The maximum absolute atomic E-state index is 12.4. The molecule has 3 N–H and O–H groups in total. The van der Waals surface area contributed by atoms with E-state index in [9.17, 15) is 4.79 Å². The number of hydrogen-bond acceptors (Lipinski definition) is 3. The van der Waals surface area contributed by atoms with Crippen LogP contribution in [0.3, 0.4) is 0 Å². The fourth-order valence-electron chi connectivity index (χ4n) is 2.90. The SMILES string of the molecule is CC(C)c1ccc(C(N)CNC(=O)c2ccc(Cn3ccnc3)cc2)cc1. The highest BCUT2D eigenvalue weighted by atomic mass is 16.1. The number of nitrogens with two attached hydrogens (primary N) is 1. The lowest BCUT2D eigenvalue weighted by atomic mass is 9.99. The summed E-state index contributed by atoms with van der Waals surface area (Å²) in [7, 11) is 0. The number of hydrogen-bond donors (Lipinski definition) is 2. The Morgan fingerprint density at radius 3 is 2.33 bits per heavy atom. The molecule has 0 fully saturated rings. The molecule has 5 heteroatoms. The molecule has 0 saturated heterocycles. The quantitative estimate of drug-likeness (QED) is 0.676. The zero-order valence-corrected chi connectivity index (χ0v) is 15.8. The lowest BCUT2D eigenvalue weighted by Crippen LogP contribution is -2.31. The molecule has 0 aliphatic rings. The average molecular weight is 362 g/mol. The number of nitrogens with one attached hydrogen (secondary N) is 1. The van der Waals surface area contributed by atoms with Crippen molar-refractivity contribution < 1.29 is 4.79 Å². The minimum atomic E-state index is -0.226. The summed E-state index contributed by atoms with van der Waals surface area (Å²) in [4.78, 5) is 16.4. The second-order valence-corrected chi connectivity index (χ2v) is 7.07. The van der Waals surface area contributed by atoms with Gasteiger partial charge in [0.25, 0.3) is 5.91 Å². The number of imidazole rings is 1. The number of aromatic nitrogens is 2. The van der Waals surface area contributed by atoms with Crippen molar-refractivity contribution in [2.45, 2.75) is 32.4 Å². The monoisotopic (exact) mass is 362 g/mol. The van der Waals surface area contributed by atoms with Gasteiger partial charge in [-0.1, -0.05) is 50.2 Å². The van der Waals surface area contributed by atoms with E-state index >= 15 is 0 Å². The molecule has 5 nitrogen and oxygen atoms in total. The summed E-state index contributed by atoms with van der Waals surface area (Å²) >= 11 is 0. The molecule has 1 amide bonds. The molecule has 0 aliphatic carbocycles. The Morgan fingerprint density at radius 1 is 1.07 bits per heavy atom. The van der Waals surface area contributed by atoms with Crippen molar-refractivity contribution in [1.82, 2.24) is 14.9 Å². The third-order valence-electron chi connectivity index (χ3n) is 4.65. The van der Waals surface area contributed by atoms with E-state index in [1.165, 1.54) is 5.56 Å². The molecule has 2 aromatic carbocycles. The van der Waals surface area contributed by atoms with Gasteiger partial charge < -0.3 is 15.6 Å². The van der Waals surface area contributed by atoms with E-state index in [-0.39, 0.29) is 11.9 Å². The minimum Gasteiger partial charge on any atom is -0.350 e. The zero-order chi connectivity index (χ0) is 19.2. The van der Waals surface area contributed by atoms with Crippen molar-refractivity contribution in [3.8, 4) is 0 Å². The second kappa shape index (κ2) is 8.64. The van der Waals surface area contributed by atoms with Gasteiger partial charge in [0.2, 0.25) is 0 Å². The first-order valence-electron chi connectivity index (χ1n) is 9.21. The standard InChI is InChI=1S/C22H26N4O/c1-16(2)18-7-9-19(10-8-18)21(23)13-25-22(27)20-5-3-17(4-6-20)14-26-12-11-24-15-26/h3-12,15-16,21H,13-14,23H2,1-2H3,(H,25,27). The molecule has 140 valence electrons. The summed E-state index contributed by atoms with van der Waals surface area (Å²) in [5.41, 5.74) is 10.3. The van der Waals surface area contributed by atoms with Crippen LogP contribution in [0.1, 0.15) is 52.9 Å². The number of carbonyl (C=O) groups excluding carboxylic acids is 1. The van der Waals surface area contributed by atoms with Gasteiger partial charge in [-0.25, -0.2) is 4.98 Å². The summed E-state index contributed by atoms with van der Waals surface area (Å²) in [6, 6.07) is 15.6. The normalized spacial score (nSPS) is 12.1. The van der Waals surface area contributed by atoms with Crippen LogP contribution in [-0.4, -0.2) is 22.0 Å². The Labute approximate surface area is 160 Å². The smallest absolute Gasteiger partial charge is 0.251 e. The van der Waals surface area contributed by atoms with Gasteiger partial charge in [-0.3, -0.25) is 4.79 Å². The van der Waals surface area contributed by atoms with Crippen molar-refractivity contribution in [2.75, 3.05) is 6.54 Å². The fraction of sp³-hybridized carbons (Fsp3) is 0.273. The van der Waals surface area contributed by atoms with Crippen LogP contribution in [-0.2, 0) is 6.54 Å². The maximum atomic E-state index is 12.4. The fourth-order valence-corrected chi connectivity index (χ4v) is 2.90. The largest absolute Gasteiger partial charge is 0.350 e. The highest BCUT2D eigenvalue weighted by Crippen LogP contribution is 2.17. The number of nitrogens with zero attached hydrogens (tertiary/aromatic N) is 2. The van der Waals surface area contributed by atoms with Crippen molar-refractivity contribution >= 4 is 5.91 Å². The third kappa shape index (κ3) is 5.05. The second-order valence-electron chi connectivity index (χ2n) is 7.07. The van der Waals surface area contributed by atoms with E-state index in [2.05, 4.69) is 36.3 Å². The molecular weight excluding hydrogens is 336 g/mol. The Morgan fingerprint density at radius 2 is 1.74 bits per heavy atom. The lowest BCUT2D eigenvalue weighted by molar-refractivity contribution is 0.0951. The van der Waals surface area contributed by atoms with Crippen LogP contribution in [0.2, 0.25) is 0 Å². The van der Waals surface area contributed by atoms with E-state index in [0.29, 0.717) is 18.0 Å². The molecule has 0 aliphatic heterocycles. The number of rotatable bonds is 7. The highest BCUT2D eigenvalue weighted by molar-refractivity contribution is 5.94. The van der Waals surface area contributed by atoms with Gasteiger partial charge in [0, 0.05) is 37.1 Å². The minimum absolute atomic E-state index is 0.113. The summed E-state index contributed by atoms with van der Waals surface area (Å²) in [5, 5.41) is 2.92. The van der Waals surface area contributed by atoms with Crippen LogP contribution in [0.15, 0.2) is 67.3 Å². The number of benzene rings is 2. The Balaban J connectivity index is 1.53. The van der Waals surface area contributed by atoms with Gasteiger partial charge in [0.1, 0.15) is 0 Å². The molecule has 1 unspecified atom stereocenters. The maximum Gasteiger partial charge on any atom is 0.251 e. The Kier molecular flexibility index (Phi) is 6.04. The van der Waals surface area contributed by atoms with Crippen molar-refractivity contribution in [2.24, 2.45) is 5.73 Å². The summed E-state index contributed by atoms with van der Waals surface area (Å²) in [6.45, 7) is 5.46. The molecular formula is C22H26N4O. The summed E-state index contributed by atoms with van der Waals surface area (Å²) < 4.78 is 1.98. The topological polar surface area (TPSA) is 72.9 Å². The molecule has 3 aromatic rings. The molecule has 1 heterocycles. The first-order valence-corrected chi connectivity index (χ1v) is 9.21. The summed E-state index contributed by atoms with van der Waals surface area (Å²) in [5.74, 6) is 0.380. The van der Waals surface area contributed by atoms with Gasteiger partial charge in [-0.05, 0) is 34.7 Å². The van der Waals surface area contributed by atoms with Crippen molar-refractivity contribution in [1.29, 1.82) is 0 Å². The number of carbonyl (C=O) groups is 1. The van der Waals surface area contributed by atoms with Gasteiger partial charge in [-0.15, -0.1) is 0 Å². The van der Waals surface area contributed by atoms with Crippen LogP contribution in [0, 0.1) is 0 Å². The molecule has 0 saturated carbocycles. The molecule has 0 spiro atoms. The van der Waals surface area contributed by atoms with E-state index in [0.717, 1.165) is 17.7 Å². The Bertz CT molecular complexity index is 852. The van der Waals surface area contributed by atoms with Gasteiger partial charge in [-0.2, -0.15) is 0 Å². The van der Waals surface area contributed by atoms with E-state index in [1.807, 2.05) is 47.2 Å². The van der Waals surface area contributed by atoms with Gasteiger partial charge in [0.05, 0.1) is 6.33 Å². The lowest BCUT2D eigenvalue weighted by Gasteiger charge is -2.15. The number of amides is 1. The van der Waals surface area contributed by atoms with E-state index in [1.54, 1.807) is 12.5 Å². The molecule has 27 heavy (non-hydrogen) atoms. The van der Waals surface area contributed by atoms with Crippen LogP contribution >= 0.6 is 0 Å². The molecule has 1 aromatic heterocycles. The van der Waals surface area contributed by atoms with Crippen LogP contribution in [0.4, 0.5) is 0 Å². The highest BCUT2D eigenvalue weighted by Gasteiger charge is 2.10. The van der Waals surface area contributed by atoms with Gasteiger partial charge >= 0.3 is 0 Å². The van der Waals surface area contributed by atoms with Crippen LogP contribution in [0.25, 0.3) is 0 Å².